The van der Waals surface area contributed by atoms with E-state index in [1.165, 1.54) is 12.6 Å². The zero-order valence-corrected chi connectivity index (χ0v) is 18.3. The third-order valence-electron chi connectivity index (χ3n) is 5.54. The first-order valence-electron chi connectivity index (χ1n) is 10.4. The van der Waals surface area contributed by atoms with Crippen LogP contribution in [0.5, 0.6) is 5.75 Å². The summed E-state index contributed by atoms with van der Waals surface area (Å²) >= 11 is 6.26. The molecule has 1 aliphatic heterocycles. The molecule has 1 aliphatic rings. The van der Waals surface area contributed by atoms with Crippen LogP contribution in [0.3, 0.4) is 0 Å². The maximum absolute atomic E-state index is 13.1. The number of nitrogens with zero attached hydrogens (tertiary/aromatic N) is 6. The van der Waals surface area contributed by atoms with Crippen molar-refractivity contribution in [3.63, 3.8) is 0 Å². The first kappa shape index (κ1) is 20.5. The van der Waals surface area contributed by atoms with E-state index in [9.17, 15) is 4.79 Å². The molecular formula is C22H22ClN7O2. The van der Waals surface area contributed by atoms with Gasteiger partial charge in [-0.15, -0.1) is 0 Å². The molecule has 10 heteroatoms. The molecule has 0 saturated carbocycles. The van der Waals surface area contributed by atoms with E-state index in [0.717, 1.165) is 19.6 Å². The molecule has 0 bridgehead atoms. The van der Waals surface area contributed by atoms with Crippen LogP contribution >= 0.6 is 11.6 Å². The molecule has 5 rings (SSSR count). The van der Waals surface area contributed by atoms with Crippen LogP contribution in [0.15, 0.2) is 49.1 Å². The minimum Gasteiger partial charge on any atom is -0.496 e. The van der Waals surface area contributed by atoms with E-state index in [1.807, 2.05) is 10.9 Å². The van der Waals surface area contributed by atoms with Crippen LogP contribution in [0.2, 0.25) is 5.02 Å². The Kier molecular flexibility index (Phi) is 5.50. The predicted molar refractivity (Wildman–Crippen MR) is 121 cm³/mol. The molecular weight excluding hydrogens is 430 g/mol. The van der Waals surface area contributed by atoms with Crippen molar-refractivity contribution >= 4 is 28.8 Å². The van der Waals surface area contributed by atoms with E-state index < -0.39 is 0 Å². The number of amides is 1. The van der Waals surface area contributed by atoms with Crippen LogP contribution in [0.4, 0.5) is 5.69 Å². The van der Waals surface area contributed by atoms with Gasteiger partial charge in [0.25, 0.3) is 5.91 Å². The zero-order chi connectivity index (χ0) is 22.1. The highest BCUT2D eigenvalue weighted by Crippen LogP contribution is 2.36. The molecule has 164 valence electrons. The Morgan fingerprint density at radius 3 is 2.94 bits per heavy atom. The lowest BCUT2D eigenvalue weighted by atomic mass is 10.1. The number of anilines is 1. The van der Waals surface area contributed by atoms with Gasteiger partial charge in [0, 0.05) is 35.7 Å². The Balaban J connectivity index is 1.50. The van der Waals surface area contributed by atoms with Crippen LogP contribution in [0.25, 0.3) is 16.9 Å². The Hall–Kier alpha value is -3.43. The number of hydrogen-bond donors (Lipinski definition) is 1. The van der Waals surface area contributed by atoms with Gasteiger partial charge in [0.15, 0.2) is 5.65 Å². The second-order valence-electron chi connectivity index (χ2n) is 7.59. The fourth-order valence-corrected chi connectivity index (χ4v) is 3.89. The average Bonchev–Trinajstić information content (AvgIpc) is 3.37. The number of carbonyl (C=O) groups excluding carboxylic acids is 1. The summed E-state index contributed by atoms with van der Waals surface area (Å²) in [5.74, 6) is 0.304. The van der Waals surface area contributed by atoms with E-state index in [0.29, 0.717) is 45.5 Å². The molecule has 0 atom stereocenters. The van der Waals surface area contributed by atoms with Gasteiger partial charge in [0.1, 0.15) is 17.0 Å². The number of benzene rings is 1. The fraction of sp³-hybridized carbons (Fsp3) is 0.273. The lowest BCUT2D eigenvalue weighted by Crippen LogP contribution is -2.39. The van der Waals surface area contributed by atoms with Gasteiger partial charge >= 0.3 is 0 Å². The van der Waals surface area contributed by atoms with Crippen LogP contribution in [-0.2, 0) is 6.54 Å². The van der Waals surface area contributed by atoms with E-state index in [-0.39, 0.29) is 5.91 Å². The zero-order valence-electron chi connectivity index (χ0n) is 17.5. The van der Waals surface area contributed by atoms with Crippen LogP contribution in [0, 0.1) is 0 Å². The van der Waals surface area contributed by atoms with Gasteiger partial charge in [-0.1, -0.05) is 11.6 Å². The summed E-state index contributed by atoms with van der Waals surface area (Å²) in [5, 5.41) is 12.5. The summed E-state index contributed by atoms with van der Waals surface area (Å²) in [4.78, 5) is 19.8. The molecule has 0 radical (unpaired) electrons. The van der Waals surface area contributed by atoms with Gasteiger partial charge in [-0.25, -0.2) is 9.50 Å². The molecule has 9 nitrogen and oxygen atoms in total. The molecule has 1 N–H and O–H groups in total. The molecule has 4 heterocycles. The lowest BCUT2D eigenvalue weighted by Gasteiger charge is -2.30. The Labute approximate surface area is 189 Å². The number of aromatic nitrogens is 5. The van der Waals surface area contributed by atoms with Crippen molar-refractivity contribution in [2.45, 2.75) is 13.0 Å². The number of methoxy groups -OCH3 is 1. The van der Waals surface area contributed by atoms with Gasteiger partial charge in [0.2, 0.25) is 0 Å². The minimum absolute atomic E-state index is 0.316. The fourth-order valence-electron chi connectivity index (χ4n) is 3.72. The lowest BCUT2D eigenvalue weighted by molar-refractivity contribution is 0.102. The number of nitrogens with one attached hydrogen (secondary N) is 1. The van der Waals surface area contributed by atoms with Crippen LogP contribution in [-0.4, -0.2) is 61.9 Å². The topological polar surface area (TPSA) is 89.6 Å². The van der Waals surface area contributed by atoms with Crippen molar-refractivity contribution in [3.05, 3.63) is 59.6 Å². The average molecular weight is 452 g/mol. The predicted octanol–water partition coefficient (Wildman–Crippen LogP) is 3.21. The summed E-state index contributed by atoms with van der Waals surface area (Å²) < 4.78 is 8.93. The largest absolute Gasteiger partial charge is 0.496 e. The van der Waals surface area contributed by atoms with Crippen molar-refractivity contribution < 1.29 is 9.53 Å². The molecule has 1 saturated heterocycles. The highest BCUT2D eigenvalue weighted by atomic mass is 35.5. The van der Waals surface area contributed by atoms with Crippen molar-refractivity contribution in [2.24, 2.45) is 0 Å². The van der Waals surface area contributed by atoms with Crippen molar-refractivity contribution in [1.29, 1.82) is 0 Å². The first-order valence-corrected chi connectivity index (χ1v) is 10.7. The molecule has 1 fully saturated rings. The van der Waals surface area contributed by atoms with Gasteiger partial charge in [-0.3, -0.25) is 9.48 Å². The van der Waals surface area contributed by atoms with Gasteiger partial charge in [-0.2, -0.15) is 10.2 Å². The number of carbonyl (C=O) groups is 1. The molecule has 0 aliphatic carbocycles. The van der Waals surface area contributed by atoms with E-state index in [4.69, 9.17) is 21.4 Å². The number of halogens is 1. The summed E-state index contributed by atoms with van der Waals surface area (Å²) in [6.45, 7) is 3.84. The third-order valence-corrected chi connectivity index (χ3v) is 5.78. The normalized spacial score (nSPS) is 13.8. The first-order chi connectivity index (χ1) is 15.6. The molecule has 3 aromatic heterocycles. The second kappa shape index (κ2) is 8.60. The Bertz CT molecular complexity index is 1280. The third kappa shape index (κ3) is 3.92. The maximum Gasteiger partial charge on any atom is 0.261 e. The van der Waals surface area contributed by atoms with Crippen molar-refractivity contribution in [1.82, 2.24) is 29.3 Å². The summed E-state index contributed by atoms with van der Waals surface area (Å²) in [6.07, 6.45) is 7.95. The van der Waals surface area contributed by atoms with E-state index in [1.54, 1.807) is 48.3 Å². The van der Waals surface area contributed by atoms with Gasteiger partial charge < -0.3 is 15.0 Å². The smallest absolute Gasteiger partial charge is 0.261 e. The van der Waals surface area contributed by atoms with Crippen molar-refractivity contribution in [3.8, 4) is 17.0 Å². The van der Waals surface area contributed by atoms with Crippen LogP contribution < -0.4 is 10.1 Å². The molecule has 1 amide bonds. The minimum atomic E-state index is -0.316. The molecule has 0 spiro atoms. The summed E-state index contributed by atoms with van der Waals surface area (Å²) in [6, 6.07) is 7.09. The van der Waals surface area contributed by atoms with Gasteiger partial charge in [0.05, 0.1) is 25.5 Å². The van der Waals surface area contributed by atoms with Crippen molar-refractivity contribution in [2.75, 3.05) is 32.1 Å². The number of fused-ring (bicyclic) bond motifs is 1. The van der Waals surface area contributed by atoms with Gasteiger partial charge in [-0.05, 0) is 43.8 Å². The number of ether oxygens (including phenoxy) is 1. The highest BCUT2D eigenvalue weighted by Gasteiger charge is 2.21. The molecule has 0 unspecified atom stereocenters. The number of likely N-dealkylation sites (tertiary alicyclic amines) is 1. The highest BCUT2D eigenvalue weighted by molar-refractivity contribution is 6.31. The molecule has 32 heavy (non-hydrogen) atoms. The molecule has 4 aromatic rings. The molecule has 1 aromatic carbocycles. The quantitative estimate of drug-likeness (QED) is 0.464. The van der Waals surface area contributed by atoms with E-state index in [2.05, 4.69) is 20.3 Å². The summed E-state index contributed by atoms with van der Waals surface area (Å²) in [7, 11) is 1.59. The number of rotatable bonds is 7. The number of hydrogen-bond acceptors (Lipinski definition) is 6. The second-order valence-corrected chi connectivity index (χ2v) is 8.03. The van der Waals surface area contributed by atoms with E-state index >= 15 is 0 Å². The summed E-state index contributed by atoms with van der Waals surface area (Å²) in [5.41, 5.74) is 2.72. The standard InChI is InChI=1S/C22H22ClN7O2/c1-32-19-5-4-15(23)12-16(19)20-18(14-29(27-20)11-10-28-7-3-8-28)26-22(31)17-13-25-30-9-2-6-24-21(17)30/h2,4-6,9,12-14H,3,7-8,10-11H2,1H3,(H,26,31). The SMILES string of the molecule is COc1ccc(Cl)cc1-c1nn(CCN2CCC2)cc1NC(=O)c1cnn2cccnc12. The maximum atomic E-state index is 13.1. The Morgan fingerprint density at radius 2 is 2.16 bits per heavy atom. The van der Waals surface area contributed by atoms with Crippen LogP contribution in [0.1, 0.15) is 16.8 Å². The monoisotopic (exact) mass is 451 g/mol. The Morgan fingerprint density at radius 1 is 1.28 bits per heavy atom.